The van der Waals surface area contributed by atoms with Crippen LogP contribution in [0.15, 0.2) is 48.5 Å². The molecule has 2 aromatic rings. The van der Waals surface area contributed by atoms with E-state index in [-0.39, 0.29) is 30.6 Å². The van der Waals surface area contributed by atoms with Gasteiger partial charge in [0.2, 0.25) is 17.7 Å². The summed E-state index contributed by atoms with van der Waals surface area (Å²) in [6.07, 6.45) is -4.45. The zero-order valence-corrected chi connectivity index (χ0v) is 17.0. The lowest BCUT2D eigenvalue weighted by Crippen LogP contribution is -2.38. The van der Waals surface area contributed by atoms with Crippen molar-refractivity contribution in [2.75, 3.05) is 35.6 Å². The molecule has 0 aromatic heterocycles. The molecule has 166 valence electrons. The van der Waals surface area contributed by atoms with E-state index in [9.17, 15) is 27.6 Å². The maximum Gasteiger partial charge on any atom is 0.416 e. The van der Waals surface area contributed by atoms with Crippen molar-refractivity contribution in [1.82, 2.24) is 4.90 Å². The number of anilines is 3. The van der Waals surface area contributed by atoms with Crippen LogP contribution in [0.2, 0.25) is 0 Å². The SMILES string of the molecule is CCN(CC(=O)Nc1ccc(NC(C)=O)cc1)CC(=O)Nc1ccc(C(F)(F)F)cc1. The van der Waals surface area contributed by atoms with Gasteiger partial charge >= 0.3 is 6.18 Å². The Bertz CT molecular complexity index is 913. The first-order valence-corrected chi connectivity index (χ1v) is 9.43. The fourth-order valence-electron chi connectivity index (χ4n) is 2.67. The molecule has 7 nitrogen and oxygen atoms in total. The number of hydrogen-bond donors (Lipinski definition) is 3. The number of nitrogens with zero attached hydrogens (tertiary/aromatic N) is 1. The minimum absolute atomic E-state index is 0.0512. The largest absolute Gasteiger partial charge is 0.416 e. The van der Waals surface area contributed by atoms with Gasteiger partial charge in [-0.3, -0.25) is 19.3 Å². The van der Waals surface area contributed by atoms with E-state index in [1.807, 2.05) is 0 Å². The summed E-state index contributed by atoms with van der Waals surface area (Å²) in [6, 6.07) is 10.7. The standard InChI is InChI=1S/C21H23F3N4O3/c1-3-28(12-19(30)26-17-6-4-15(5-7-17)21(22,23)24)13-20(31)27-18-10-8-16(9-11-18)25-14(2)29/h4-11H,3,12-13H2,1-2H3,(H,25,29)(H,26,30)(H,27,31). The number of amides is 3. The fraction of sp³-hybridized carbons (Fsp3) is 0.286. The Hall–Kier alpha value is -3.40. The summed E-state index contributed by atoms with van der Waals surface area (Å²) in [4.78, 5) is 37.1. The molecule has 0 fully saturated rings. The van der Waals surface area contributed by atoms with E-state index in [1.54, 1.807) is 36.1 Å². The number of nitrogens with one attached hydrogen (secondary N) is 3. The summed E-state index contributed by atoms with van der Waals surface area (Å²) in [7, 11) is 0. The minimum Gasteiger partial charge on any atom is -0.326 e. The first-order valence-electron chi connectivity index (χ1n) is 9.43. The van der Waals surface area contributed by atoms with Crippen LogP contribution in [0.25, 0.3) is 0 Å². The van der Waals surface area contributed by atoms with Crippen molar-refractivity contribution in [2.24, 2.45) is 0 Å². The van der Waals surface area contributed by atoms with Gasteiger partial charge in [0.05, 0.1) is 18.7 Å². The van der Waals surface area contributed by atoms with E-state index in [1.165, 1.54) is 19.1 Å². The van der Waals surface area contributed by atoms with Crippen LogP contribution in [-0.4, -0.2) is 42.3 Å². The van der Waals surface area contributed by atoms with Crippen molar-refractivity contribution in [3.05, 3.63) is 54.1 Å². The third-order valence-electron chi connectivity index (χ3n) is 4.17. The number of carbonyl (C=O) groups excluding carboxylic acids is 3. The Morgan fingerprint density at radius 1 is 0.774 bits per heavy atom. The van der Waals surface area contributed by atoms with Crippen LogP contribution >= 0.6 is 0 Å². The van der Waals surface area contributed by atoms with Crippen LogP contribution in [0.1, 0.15) is 19.4 Å². The molecule has 0 bridgehead atoms. The summed E-state index contributed by atoms with van der Waals surface area (Å²) >= 11 is 0. The number of carbonyl (C=O) groups is 3. The quantitative estimate of drug-likeness (QED) is 0.590. The highest BCUT2D eigenvalue weighted by Gasteiger charge is 2.30. The van der Waals surface area contributed by atoms with Gasteiger partial charge in [-0.25, -0.2) is 0 Å². The van der Waals surface area contributed by atoms with Gasteiger partial charge in [0.1, 0.15) is 0 Å². The molecular formula is C21H23F3N4O3. The Kier molecular flexibility index (Phi) is 8.14. The zero-order chi connectivity index (χ0) is 23.0. The van der Waals surface area contributed by atoms with Crippen LogP contribution in [0.5, 0.6) is 0 Å². The number of halogens is 3. The first kappa shape index (κ1) is 23.9. The molecule has 0 atom stereocenters. The van der Waals surface area contributed by atoms with Crippen LogP contribution in [0.4, 0.5) is 30.2 Å². The molecular weight excluding hydrogens is 413 g/mol. The normalized spacial score (nSPS) is 11.2. The third kappa shape index (κ3) is 8.09. The lowest BCUT2D eigenvalue weighted by molar-refractivity contribution is -0.137. The summed E-state index contributed by atoms with van der Waals surface area (Å²) in [6.45, 7) is 3.43. The van der Waals surface area contributed by atoms with E-state index < -0.39 is 17.6 Å². The maximum atomic E-state index is 12.6. The van der Waals surface area contributed by atoms with Crippen molar-refractivity contribution in [2.45, 2.75) is 20.0 Å². The molecule has 31 heavy (non-hydrogen) atoms. The molecule has 0 unspecified atom stereocenters. The number of rotatable bonds is 8. The van der Waals surface area contributed by atoms with Gasteiger partial charge in [-0.15, -0.1) is 0 Å². The second kappa shape index (κ2) is 10.6. The maximum absolute atomic E-state index is 12.6. The van der Waals surface area contributed by atoms with Crippen LogP contribution < -0.4 is 16.0 Å². The van der Waals surface area contributed by atoms with Gasteiger partial charge in [0.15, 0.2) is 0 Å². The predicted molar refractivity (Wildman–Crippen MR) is 112 cm³/mol. The van der Waals surface area contributed by atoms with E-state index in [4.69, 9.17) is 0 Å². The molecule has 0 spiro atoms. The third-order valence-corrected chi connectivity index (χ3v) is 4.17. The molecule has 0 heterocycles. The van der Waals surface area contributed by atoms with Gasteiger partial charge in [0, 0.05) is 24.0 Å². The Balaban J connectivity index is 1.85. The molecule has 10 heteroatoms. The van der Waals surface area contributed by atoms with Gasteiger partial charge in [0.25, 0.3) is 0 Å². The predicted octanol–water partition coefficient (Wildman–Crippen LogP) is 3.56. The summed E-state index contributed by atoms with van der Waals surface area (Å²) < 4.78 is 37.8. The van der Waals surface area contributed by atoms with E-state index in [2.05, 4.69) is 16.0 Å². The second-order valence-corrected chi connectivity index (χ2v) is 6.73. The van der Waals surface area contributed by atoms with Gasteiger partial charge in [-0.05, 0) is 55.1 Å². The number of alkyl halides is 3. The molecule has 0 aliphatic heterocycles. The monoisotopic (exact) mass is 436 g/mol. The van der Waals surface area contributed by atoms with Gasteiger partial charge < -0.3 is 16.0 Å². The van der Waals surface area contributed by atoms with Gasteiger partial charge in [-0.1, -0.05) is 6.92 Å². The van der Waals surface area contributed by atoms with Crippen molar-refractivity contribution in [1.29, 1.82) is 0 Å². The lowest BCUT2D eigenvalue weighted by Gasteiger charge is -2.19. The summed E-state index contributed by atoms with van der Waals surface area (Å²) in [5, 5.41) is 7.83. The van der Waals surface area contributed by atoms with E-state index in [0.29, 0.717) is 17.9 Å². The average molecular weight is 436 g/mol. The molecule has 2 rings (SSSR count). The number of benzene rings is 2. The highest BCUT2D eigenvalue weighted by atomic mass is 19.4. The number of likely N-dealkylation sites (N-methyl/N-ethyl adjacent to an activating group) is 1. The highest BCUT2D eigenvalue weighted by molar-refractivity contribution is 5.95. The molecule has 3 N–H and O–H groups in total. The molecule has 0 aliphatic carbocycles. The van der Waals surface area contributed by atoms with Crippen LogP contribution in [-0.2, 0) is 20.6 Å². The molecule has 3 amide bonds. The molecule has 0 saturated heterocycles. The topological polar surface area (TPSA) is 90.5 Å². The zero-order valence-electron chi connectivity index (χ0n) is 17.0. The second-order valence-electron chi connectivity index (χ2n) is 6.73. The smallest absolute Gasteiger partial charge is 0.326 e. The Morgan fingerprint density at radius 2 is 1.16 bits per heavy atom. The van der Waals surface area contributed by atoms with Crippen molar-refractivity contribution in [3.63, 3.8) is 0 Å². The van der Waals surface area contributed by atoms with Crippen LogP contribution in [0, 0.1) is 0 Å². The molecule has 0 saturated carbocycles. The van der Waals surface area contributed by atoms with Crippen LogP contribution in [0.3, 0.4) is 0 Å². The van der Waals surface area contributed by atoms with Crippen molar-refractivity contribution in [3.8, 4) is 0 Å². The van der Waals surface area contributed by atoms with Gasteiger partial charge in [-0.2, -0.15) is 13.2 Å². The first-order chi connectivity index (χ1) is 14.6. The van der Waals surface area contributed by atoms with Crippen molar-refractivity contribution < 1.29 is 27.6 Å². The lowest BCUT2D eigenvalue weighted by atomic mass is 10.2. The van der Waals surface area contributed by atoms with Crippen molar-refractivity contribution >= 4 is 34.8 Å². The summed E-state index contributed by atoms with van der Waals surface area (Å²) in [5.74, 6) is -0.990. The van der Waals surface area contributed by atoms with E-state index in [0.717, 1.165) is 12.1 Å². The summed E-state index contributed by atoms with van der Waals surface area (Å²) in [5.41, 5.74) is 0.560. The Labute approximate surface area is 177 Å². The molecule has 2 aromatic carbocycles. The minimum atomic E-state index is -4.45. The molecule has 0 aliphatic rings. The van der Waals surface area contributed by atoms with E-state index >= 15 is 0 Å². The number of hydrogen-bond acceptors (Lipinski definition) is 4. The molecule has 0 radical (unpaired) electrons. The highest BCUT2D eigenvalue weighted by Crippen LogP contribution is 2.29. The average Bonchev–Trinajstić information content (AvgIpc) is 2.68. The Morgan fingerprint density at radius 3 is 1.52 bits per heavy atom. The fourth-order valence-corrected chi connectivity index (χ4v) is 2.67.